The minimum Gasteiger partial charge on any atom is -0.314 e. The van der Waals surface area contributed by atoms with Crippen LogP contribution in [-0.4, -0.2) is 26.9 Å². The number of thiophene rings is 1. The van der Waals surface area contributed by atoms with Crippen molar-refractivity contribution in [3.63, 3.8) is 0 Å². The molecule has 4 rings (SSSR count). The summed E-state index contributed by atoms with van der Waals surface area (Å²) >= 11 is 1.53. The van der Waals surface area contributed by atoms with E-state index in [9.17, 15) is 9.59 Å². The number of urea groups is 1. The maximum Gasteiger partial charge on any atom is 0.322 e. The Hall–Kier alpha value is -2.67. The third kappa shape index (κ3) is 3.67. The molecule has 2 heterocycles. The van der Waals surface area contributed by atoms with Crippen LogP contribution in [0.15, 0.2) is 35.1 Å². The SMILES string of the molecule is Cc1sc2nc(CN(C(=O)Nc3ccccc3)C3CCCC3)[nH]c(=O)c2c1C. The number of aromatic amines is 1. The van der Waals surface area contributed by atoms with Gasteiger partial charge in [-0.1, -0.05) is 31.0 Å². The van der Waals surface area contributed by atoms with E-state index in [4.69, 9.17) is 0 Å². The van der Waals surface area contributed by atoms with E-state index < -0.39 is 0 Å². The van der Waals surface area contributed by atoms with Gasteiger partial charge >= 0.3 is 6.03 Å². The van der Waals surface area contributed by atoms with E-state index in [1.807, 2.05) is 49.1 Å². The lowest BCUT2D eigenvalue weighted by molar-refractivity contribution is 0.182. The molecule has 0 bridgehead atoms. The van der Waals surface area contributed by atoms with E-state index in [2.05, 4.69) is 15.3 Å². The zero-order valence-corrected chi connectivity index (χ0v) is 16.9. The van der Waals surface area contributed by atoms with E-state index >= 15 is 0 Å². The monoisotopic (exact) mass is 396 g/mol. The molecular weight excluding hydrogens is 372 g/mol. The van der Waals surface area contributed by atoms with Gasteiger partial charge in [-0.05, 0) is 44.4 Å². The second-order valence-electron chi connectivity index (χ2n) is 7.34. The van der Waals surface area contributed by atoms with Crippen molar-refractivity contribution in [2.24, 2.45) is 0 Å². The van der Waals surface area contributed by atoms with Gasteiger partial charge in [-0.2, -0.15) is 0 Å². The number of carbonyl (C=O) groups is 1. The normalized spacial score (nSPS) is 14.5. The van der Waals surface area contributed by atoms with Gasteiger partial charge < -0.3 is 15.2 Å². The number of nitrogens with one attached hydrogen (secondary N) is 2. The van der Waals surface area contributed by atoms with Crippen molar-refractivity contribution in [2.75, 3.05) is 5.32 Å². The van der Waals surface area contributed by atoms with Gasteiger partial charge in [-0.15, -0.1) is 11.3 Å². The number of amides is 2. The average Bonchev–Trinajstić information content (AvgIpc) is 3.29. The molecule has 0 atom stereocenters. The predicted molar refractivity (Wildman–Crippen MR) is 113 cm³/mol. The van der Waals surface area contributed by atoms with Crippen molar-refractivity contribution < 1.29 is 4.79 Å². The summed E-state index contributed by atoms with van der Waals surface area (Å²) in [6.45, 7) is 4.24. The fourth-order valence-corrected chi connectivity index (χ4v) is 4.88. The summed E-state index contributed by atoms with van der Waals surface area (Å²) in [5, 5.41) is 3.63. The van der Waals surface area contributed by atoms with Crippen LogP contribution < -0.4 is 10.9 Å². The number of nitrogens with zero attached hydrogens (tertiary/aromatic N) is 2. The number of hydrogen-bond donors (Lipinski definition) is 2. The Kier molecular flexibility index (Phi) is 5.17. The molecule has 3 aromatic rings. The van der Waals surface area contributed by atoms with E-state index in [0.29, 0.717) is 17.8 Å². The van der Waals surface area contributed by atoms with Gasteiger partial charge in [0.2, 0.25) is 0 Å². The Balaban J connectivity index is 1.63. The predicted octanol–water partition coefficient (Wildman–Crippen LogP) is 4.58. The van der Waals surface area contributed by atoms with Crippen LogP contribution in [0.5, 0.6) is 0 Å². The molecule has 2 N–H and O–H groups in total. The smallest absolute Gasteiger partial charge is 0.314 e. The van der Waals surface area contributed by atoms with Crippen molar-refractivity contribution in [1.29, 1.82) is 0 Å². The lowest BCUT2D eigenvalue weighted by atomic mass is 10.2. The molecule has 2 aromatic heterocycles. The molecule has 0 spiro atoms. The van der Waals surface area contributed by atoms with Crippen LogP contribution in [0, 0.1) is 13.8 Å². The lowest BCUT2D eigenvalue weighted by Gasteiger charge is -2.28. The lowest BCUT2D eigenvalue weighted by Crippen LogP contribution is -2.41. The fourth-order valence-electron chi connectivity index (χ4n) is 3.83. The number of fused-ring (bicyclic) bond motifs is 1. The van der Waals surface area contributed by atoms with Gasteiger partial charge in [0.25, 0.3) is 5.56 Å². The highest BCUT2D eigenvalue weighted by molar-refractivity contribution is 7.18. The molecule has 1 aliphatic carbocycles. The van der Waals surface area contributed by atoms with E-state index in [0.717, 1.165) is 46.6 Å². The molecule has 1 saturated carbocycles. The Labute approximate surface area is 167 Å². The van der Waals surface area contributed by atoms with Crippen molar-refractivity contribution in [3.8, 4) is 0 Å². The Morgan fingerprint density at radius 1 is 1.25 bits per heavy atom. The van der Waals surface area contributed by atoms with Crippen LogP contribution in [0.25, 0.3) is 10.2 Å². The molecule has 1 fully saturated rings. The molecule has 7 heteroatoms. The quantitative estimate of drug-likeness (QED) is 0.678. The summed E-state index contributed by atoms with van der Waals surface area (Å²) < 4.78 is 0. The molecule has 2 amide bonds. The second kappa shape index (κ2) is 7.75. The zero-order chi connectivity index (χ0) is 19.7. The summed E-state index contributed by atoms with van der Waals surface area (Å²) in [6, 6.07) is 9.45. The molecule has 0 unspecified atom stereocenters. The van der Waals surface area contributed by atoms with Gasteiger partial charge in [0.1, 0.15) is 10.7 Å². The highest BCUT2D eigenvalue weighted by atomic mass is 32.1. The first-order valence-corrected chi connectivity index (χ1v) is 10.5. The van der Waals surface area contributed by atoms with Crippen LogP contribution in [-0.2, 0) is 6.54 Å². The summed E-state index contributed by atoms with van der Waals surface area (Å²) in [7, 11) is 0. The van der Waals surface area contributed by atoms with Gasteiger partial charge in [-0.3, -0.25) is 4.79 Å². The van der Waals surface area contributed by atoms with E-state index in [1.54, 1.807) is 0 Å². The highest BCUT2D eigenvalue weighted by Gasteiger charge is 2.28. The topological polar surface area (TPSA) is 78.1 Å². The first-order chi connectivity index (χ1) is 13.5. The average molecular weight is 397 g/mol. The second-order valence-corrected chi connectivity index (χ2v) is 8.54. The number of anilines is 1. The van der Waals surface area contributed by atoms with Crippen LogP contribution in [0.3, 0.4) is 0 Å². The molecule has 146 valence electrons. The standard InChI is InChI=1S/C21H24N4O2S/c1-13-14(2)28-20-18(13)19(26)23-17(24-20)12-25(16-10-6-7-11-16)21(27)22-15-8-4-3-5-9-15/h3-5,8-9,16H,6-7,10-12H2,1-2H3,(H,22,27)(H,23,24,26). The minimum atomic E-state index is -0.153. The Morgan fingerprint density at radius 3 is 2.68 bits per heavy atom. The summed E-state index contributed by atoms with van der Waals surface area (Å²) in [4.78, 5) is 36.8. The van der Waals surface area contributed by atoms with Crippen LogP contribution in [0.2, 0.25) is 0 Å². The maximum atomic E-state index is 13.0. The van der Waals surface area contributed by atoms with Gasteiger partial charge in [0, 0.05) is 16.6 Å². The molecule has 0 radical (unpaired) electrons. The number of aromatic nitrogens is 2. The molecule has 1 aliphatic rings. The highest BCUT2D eigenvalue weighted by Crippen LogP contribution is 2.28. The first-order valence-electron chi connectivity index (χ1n) is 9.64. The molecule has 6 nitrogen and oxygen atoms in total. The molecular formula is C21H24N4O2S. The Morgan fingerprint density at radius 2 is 1.96 bits per heavy atom. The molecule has 0 aliphatic heterocycles. The number of rotatable bonds is 4. The number of H-pyrrole nitrogens is 1. The largest absolute Gasteiger partial charge is 0.322 e. The van der Waals surface area contributed by atoms with Crippen LogP contribution >= 0.6 is 11.3 Å². The third-order valence-corrected chi connectivity index (χ3v) is 6.56. The van der Waals surface area contributed by atoms with Gasteiger partial charge in [0.05, 0.1) is 11.9 Å². The summed E-state index contributed by atoms with van der Waals surface area (Å²) in [6.07, 6.45) is 4.19. The number of hydrogen-bond acceptors (Lipinski definition) is 4. The summed E-state index contributed by atoms with van der Waals surface area (Å²) in [5.41, 5.74) is 1.61. The van der Waals surface area contributed by atoms with Gasteiger partial charge in [-0.25, -0.2) is 9.78 Å². The minimum absolute atomic E-state index is 0.128. The van der Waals surface area contributed by atoms with E-state index in [-0.39, 0.29) is 17.6 Å². The van der Waals surface area contributed by atoms with Crippen LogP contribution in [0.4, 0.5) is 10.5 Å². The maximum absolute atomic E-state index is 13.0. The van der Waals surface area contributed by atoms with Crippen LogP contribution in [0.1, 0.15) is 41.9 Å². The fraction of sp³-hybridized carbons (Fsp3) is 0.381. The van der Waals surface area contributed by atoms with E-state index in [1.165, 1.54) is 11.3 Å². The van der Waals surface area contributed by atoms with Crippen molar-refractivity contribution in [3.05, 3.63) is 57.0 Å². The van der Waals surface area contributed by atoms with Crippen molar-refractivity contribution in [1.82, 2.24) is 14.9 Å². The number of benzene rings is 1. The first kappa shape index (κ1) is 18.7. The Bertz CT molecular complexity index is 1050. The van der Waals surface area contributed by atoms with Crippen molar-refractivity contribution in [2.45, 2.75) is 52.1 Å². The molecule has 28 heavy (non-hydrogen) atoms. The van der Waals surface area contributed by atoms with Gasteiger partial charge in [0.15, 0.2) is 0 Å². The third-order valence-electron chi connectivity index (χ3n) is 5.46. The number of carbonyl (C=O) groups excluding carboxylic acids is 1. The molecule has 0 saturated heterocycles. The summed E-state index contributed by atoms with van der Waals surface area (Å²) in [5.74, 6) is 0.536. The zero-order valence-electron chi connectivity index (χ0n) is 16.1. The number of aryl methyl sites for hydroxylation is 2. The molecule has 1 aromatic carbocycles. The number of para-hydroxylation sites is 1. The van der Waals surface area contributed by atoms with Crippen molar-refractivity contribution >= 4 is 33.3 Å².